The van der Waals surface area contributed by atoms with Crippen LogP contribution in [-0.2, 0) is 35.2 Å². The van der Waals surface area contributed by atoms with Gasteiger partial charge in [-0.25, -0.2) is 0 Å². The van der Waals surface area contributed by atoms with E-state index in [4.69, 9.17) is 9.47 Å². The minimum Gasteiger partial charge on any atom is -0.369 e. The van der Waals surface area contributed by atoms with Crippen molar-refractivity contribution in [2.45, 2.75) is 206 Å². The number of aromatic amines is 2. The van der Waals surface area contributed by atoms with Gasteiger partial charge in [0, 0.05) is 41.9 Å². The van der Waals surface area contributed by atoms with E-state index in [9.17, 15) is 0 Å². The third-order valence-electron chi connectivity index (χ3n) is 24.1. The molecule has 2 aromatic heterocycles. The van der Waals surface area contributed by atoms with Gasteiger partial charge in [0.25, 0.3) is 0 Å². The summed E-state index contributed by atoms with van der Waals surface area (Å²) in [4.78, 5) is 2.64. The topological polar surface area (TPSA) is 91.1 Å². The summed E-state index contributed by atoms with van der Waals surface area (Å²) in [5.41, 5.74) is 14.0. The lowest BCUT2D eigenvalue weighted by Gasteiger charge is -2.52. The van der Waals surface area contributed by atoms with Crippen molar-refractivity contribution < 1.29 is 9.47 Å². The molecule has 0 radical (unpaired) electrons. The molecule has 2 aromatic rings. The summed E-state index contributed by atoms with van der Waals surface area (Å²) in [6.07, 6.45) is 28.5. The first kappa shape index (κ1) is 44.7. The third kappa shape index (κ3) is 6.68. The Morgan fingerprint density at radius 2 is 1.15 bits per heavy atom. The predicted molar refractivity (Wildman–Crippen MR) is 266 cm³/mol. The van der Waals surface area contributed by atoms with Crippen LogP contribution >= 0.6 is 0 Å². The Labute approximate surface area is 404 Å². The summed E-state index contributed by atoms with van der Waals surface area (Å²) in [5.74, 6) is 9.50. The predicted octanol–water partition coefficient (Wildman–Crippen LogP) is 11.2. The molecule has 8 fully saturated rings. The van der Waals surface area contributed by atoms with E-state index in [1.807, 2.05) is 11.1 Å². The Hall–Kier alpha value is -2.26. The molecular formula is C59H88N6O2. The highest BCUT2D eigenvalue weighted by atomic mass is 16.5. The minimum absolute atomic E-state index is 0.0704. The van der Waals surface area contributed by atoms with Crippen molar-refractivity contribution >= 4 is 0 Å². The third-order valence-corrected chi connectivity index (χ3v) is 24.1. The van der Waals surface area contributed by atoms with Crippen LogP contribution < -0.4 is 5.32 Å². The van der Waals surface area contributed by atoms with Crippen LogP contribution in [0.2, 0.25) is 0 Å². The maximum Gasteiger partial charge on any atom is 0.0765 e. The number of likely N-dealkylation sites (tertiary alicyclic amines) is 1. The maximum atomic E-state index is 7.15. The fourth-order valence-electron chi connectivity index (χ4n) is 20.7. The molecule has 6 heterocycles. The lowest BCUT2D eigenvalue weighted by Crippen LogP contribution is -2.49. The van der Waals surface area contributed by atoms with Gasteiger partial charge in [0.1, 0.15) is 0 Å². The van der Waals surface area contributed by atoms with Gasteiger partial charge in [0.2, 0.25) is 0 Å². The van der Waals surface area contributed by atoms with Gasteiger partial charge >= 0.3 is 0 Å². The zero-order valence-electron chi connectivity index (χ0n) is 43.2. The normalized spacial score (nSPS) is 50.6. The summed E-state index contributed by atoms with van der Waals surface area (Å²) in [7, 11) is 2.35. The van der Waals surface area contributed by atoms with E-state index in [1.54, 1.807) is 11.1 Å². The molecular weight excluding hydrogens is 825 g/mol. The summed E-state index contributed by atoms with van der Waals surface area (Å²) < 4.78 is 14.2. The molecule has 4 aliphatic heterocycles. The lowest BCUT2D eigenvalue weighted by molar-refractivity contribution is -0.0787. The van der Waals surface area contributed by atoms with E-state index in [-0.39, 0.29) is 11.2 Å². The number of aromatic nitrogens is 4. The number of H-pyrrole nitrogens is 2. The van der Waals surface area contributed by atoms with Gasteiger partial charge < -0.3 is 19.7 Å². The molecule has 12 aliphatic rings. The second-order valence-corrected chi connectivity index (χ2v) is 27.3. The molecule has 4 saturated carbocycles. The first-order chi connectivity index (χ1) is 32.2. The number of hydrogen-bond acceptors (Lipinski definition) is 6. The zero-order chi connectivity index (χ0) is 45.9. The second-order valence-electron chi connectivity index (χ2n) is 27.3. The highest BCUT2D eigenvalue weighted by Gasteiger charge is 2.62. The van der Waals surface area contributed by atoms with E-state index in [2.05, 4.69) is 105 Å². The molecule has 67 heavy (non-hydrogen) atoms. The quantitative estimate of drug-likeness (QED) is 0.228. The van der Waals surface area contributed by atoms with Crippen molar-refractivity contribution in [1.82, 2.24) is 30.6 Å². The maximum absolute atomic E-state index is 7.15. The van der Waals surface area contributed by atoms with Crippen LogP contribution in [0.5, 0.6) is 0 Å². The molecule has 0 unspecified atom stereocenters. The van der Waals surface area contributed by atoms with E-state index in [0.717, 1.165) is 65.7 Å². The van der Waals surface area contributed by atoms with Crippen molar-refractivity contribution in [2.75, 3.05) is 20.1 Å². The van der Waals surface area contributed by atoms with Crippen LogP contribution in [0.3, 0.4) is 0 Å². The first-order valence-corrected chi connectivity index (χ1v) is 28.4. The standard InChI is InChI=1S/C30H45N3O.C29H43N3O/c1-17-10-27-28(33(5)16-17)19(3)30(34-27)9-8-22-23-7-6-21-11-26-20(15-31-32-26)14-29(21,4)25(23)12-24(22)18(2)13-30;1-16-9-26-27(30-14-16)18(3)29(33-26)8-7-21-22-6-5-20-10-25-19(15-31-32-25)13-28(20,4)24(22)11-23(21)17(2)12-29/h15,17,19,21-23,25,27-28H,6-14,16H2,1-5H3,(H,31,32);15-16,18,20-22,24,26-27,30H,5-14H2,1-4H3,(H,31,32)/t17-,19+,21+,22-,23-,25-,27+,28-,29-,30-;16-,18+,20+,21-,22-,24-,26+,27-,28-,29-/m00/s1. The molecule has 20 atom stereocenters. The second kappa shape index (κ2) is 15.9. The van der Waals surface area contributed by atoms with Gasteiger partial charge in [-0.1, -0.05) is 63.8 Å². The Kier molecular flexibility index (Phi) is 10.6. The van der Waals surface area contributed by atoms with E-state index >= 15 is 0 Å². The molecule has 4 saturated heterocycles. The number of likely N-dealkylation sites (N-methyl/N-ethyl adjacent to an activating group) is 1. The van der Waals surface area contributed by atoms with Gasteiger partial charge in [-0.3, -0.25) is 10.2 Å². The number of hydrogen-bond donors (Lipinski definition) is 3. The monoisotopic (exact) mass is 913 g/mol. The first-order valence-electron chi connectivity index (χ1n) is 28.4. The summed E-state index contributed by atoms with van der Waals surface area (Å²) in [6.45, 7) is 22.5. The highest BCUT2D eigenvalue weighted by Crippen LogP contribution is 2.66. The molecule has 14 rings (SSSR count). The Balaban J connectivity index is 0.000000133. The zero-order valence-corrected chi connectivity index (χ0v) is 43.2. The van der Waals surface area contributed by atoms with Gasteiger partial charge in [-0.15, -0.1) is 0 Å². The number of fused-ring (bicyclic) bond motifs is 14. The number of nitrogens with one attached hydrogen (secondary N) is 3. The van der Waals surface area contributed by atoms with E-state index in [1.165, 1.54) is 145 Å². The van der Waals surface area contributed by atoms with Crippen molar-refractivity contribution in [2.24, 2.45) is 81.8 Å². The van der Waals surface area contributed by atoms with Crippen LogP contribution in [0.25, 0.3) is 0 Å². The van der Waals surface area contributed by atoms with Crippen molar-refractivity contribution in [3.8, 4) is 0 Å². The number of rotatable bonds is 0. The molecule has 3 N–H and O–H groups in total. The SMILES string of the molecule is CC1=C2C[C@H]3[C@@H](CC[C@@H]4Cc5[nH]ncc5C[C@@]43C)[C@@H]2CC[C@@]2(C1)O[C@@H]1C[C@H](C)CN(C)[C@H]1[C@H]2C.CC1=C2C[C@H]3[C@@H](CC[C@@H]4Cc5[nH]ncc5C[C@@]43C)[C@@H]2CC[C@@]2(C1)O[C@@H]1C[C@H](C)CN[C@H]1[C@H]2C. The minimum atomic E-state index is 0.0704. The van der Waals surface area contributed by atoms with Crippen molar-refractivity contribution in [3.05, 3.63) is 57.2 Å². The van der Waals surface area contributed by atoms with E-state index in [0.29, 0.717) is 47.0 Å². The Bertz CT molecular complexity index is 2310. The van der Waals surface area contributed by atoms with Crippen LogP contribution in [0.15, 0.2) is 34.7 Å². The Morgan fingerprint density at radius 1 is 0.627 bits per heavy atom. The fraction of sp³-hybridized carbons (Fsp3) is 0.831. The van der Waals surface area contributed by atoms with Gasteiger partial charge in [-0.2, -0.15) is 10.2 Å². The van der Waals surface area contributed by atoms with Crippen LogP contribution in [0, 0.1) is 81.8 Å². The summed E-state index contributed by atoms with van der Waals surface area (Å²) in [5, 5.41) is 19.3. The van der Waals surface area contributed by atoms with Gasteiger partial charge in [0.15, 0.2) is 0 Å². The number of nitrogens with zero attached hydrogens (tertiary/aromatic N) is 3. The smallest absolute Gasteiger partial charge is 0.0765 e. The lowest BCUT2D eigenvalue weighted by atomic mass is 9.52. The van der Waals surface area contributed by atoms with Crippen molar-refractivity contribution in [1.29, 1.82) is 0 Å². The largest absolute Gasteiger partial charge is 0.369 e. The molecule has 8 aliphatic carbocycles. The van der Waals surface area contributed by atoms with Crippen LogP contribution in [0.4, 0.5) is 0 Å². The molecule has 0 amide bonds. The number of piperidine rings is 2. The average Bonchev–Trinajstić information content (AvgIpc) is 4.13. The highest BCUT2D eigenvalue weighted by molar-refractivity contribution is 5.34. The fourth-order valence-corrected chi connectivity index (χ4v) is 20.7. The summed E-state index contributed by atoms with van der Waals surface area (Å²) >= 11 is 0. The molecule has 8 heteroatoms. The van der Waals surface area contributed by atoms with Crippen LogP contribution in [-0.4, -0.2) is 80.9 Å². The van der Waals surface area contributed by atoms with Crippen molar-refractivity contribution in [3.63, 3.8) is 0 Å². The van der Waals surface area contributed by atoms with E-state index < -0.39 is 0 Å². The Morgan fingerprint density at radius 3 is 1.72 bits per heavy atom. The summed E-state index contributed by atoms with van der Waals surface area (Å²) in [6, 6.07) is 1.17. The van der Waals surface area contributed by atoms with Gasteiger partial charge in [-0.05, 0) is 224 Å². The molecule has 0 bridgehead atoms. The van der Waals surface area contributed by atoms with Crippen LogP contribution in [0.1, 0.15) is 168 Å². The average molecular weight is 913 g/mol. The molecule has 366 valence electrons. The number of ether oxygens (including phenoxy) is 2. The molecule has 8 nitrogen and oxygen atoms in total. The molecule has 0 aromatic carbocycles. The van der Waals surface area contributed by atoms with Gasteiger partial charge in [0.05, 0.1) is 35.8 Å². The number of allylic oxidation sites excluding steroid dienone is 2. The molecule has 2 spiro atoms.